The Morgan fingerprint density at radius 2 is 1.84 bits per heavy atom. The predicted octanol–water partition coefficient (Wildman–Crippen LogP) is 1.60. The summed E-state index contributed by atoms with van der Waals surface area (Å²) in [5.41, 5.74) is 0.833. The molecule has 0 saturated carbocycles. The lowest BCUT2D eigenvalue weighted by molar-refractivity contribution is 0.309. The van der Waals surface area contributed by atoms with Gasteiger partial charge in [0.15, 0.2) is 0 Å². The van der Waals surface area contributed by atoms with Gasteiger partial charge in [0, 0.05) is 12.1 Å². The third kappa shape index (κ3) is 2.76. The first kappa shape index (κ1) is 12.2. The highest BCUT2D eigenvalue weighted by molar-refractivity contribution is 5.51. The molecule has 0 radical (unpaired) electrons. The van der Waals surface area contributed by atoms with E-state index in [1.165, 1.54) is 17.5 Å². The average Bonchev–Trinajstić information content (AvgIpc) is 3.07. The number of benzene rings is 1. The molecule has 0 unspecified atom stereocenters. The van der Waals surface area contributed by atoms with E-state index in [2.05, 4.69) is 10.00 Å². The molecule has 1 aliphatic heterocycles. The first-order valence-corrected chi connectivity index (χ1v) is 6.69. The molecule has 1 saturated heterocycles. The highest BCUT2D eigenvalue weighted by Crippen LogP contribution is 2.14. The third-order valence-electron chi connectivity index (χ3n) is 3.45. The molecular formula is C14H17N3O2. The molecule has 2 heterocycles. The molecule has 3 rings (SSSR count). The maximum absolute atomic E-state index is 11.7. The summed E-state index contributed by atoms with van der Waals surface area (Å²) in [6.07, 6.45) is 2.51. The number of aromatic nitrogens is 2. The van der Waals surface area contributed by atoms with Gasteiger partial charge < -0.3 is 9.32 Å². The summed E-state index contributed by atoms with van der Waals surface area (Å²) in [6.45, 7) is 3.70. The van der Waals surface area contributed by atoms with Crippen LogP contribution in [0.1, 0.15) is 12.8 Å². The van der Waals surface area contributed by atoms with Crippen LogP contribution < -0.4 is 5.76 Å². The standard InChI is InChI=1S/C14H17N3O2/c18-14-17(11-10-16-8-4-5-9-16)15-13(19-14)12-6-2-1-3-7-12/h1-3,6-7H,4-5,8-11H2. The summed E-state index contributed by atoms with van der Waals surface area (Å²) in [5, 5.41) is 4.25. The van der Waals surface area contributed by atoms with Crippen LogP contribution in [0, 0.1) is 0 Å². The smallest absolute Gasteiger partial charge is 0.388 e. The normalized spacial score (nSPS) is 16.0. The zero-order valence-electron chi connectivity index (χ0n) is 10.8. The monoisotopic (exact) mass is 259 g/mol. The van der Waals surface area contributed by atoms with Crippen molar-refractivity contribution < 1.29 is 4.42 Å². The minimum Gasteiger partial charge on any atom is -0.388 e. The van der Waals surface area contributed by atoms with Crippen molar-refractivity contribution in [2.24, 2.45) is 0 Å². The predicted molar refractivity (Wildman–Crippen MR) is 71.9 cm³/mol. The van der Waals surface area contributed by atoms with Crippen molar-refractivity contribution in [1.82, 2.24) is 14.7 Å². The van der Waals surface area contributed by atoms with Crippen molar-refractivity contribution in [2.45, 2.75) is 19.4 Å². The number of rotatable bonds is 4. The van der Waals surface area contributed by atoms with Gasteiger partial charge in [-0.05, 0) is 38.1 Å². The second-order valence-electron chi connectivity index (χ2n) is 4.81. The molecular weight excluding hydrogens is 242 g/mol. The number of hydrogen-bond acceptors (Lipinski definition) is 4. The van der Waals surface area contributed by atoms with Gasteiger partial charge in [-0.1, -0.05) is 18.2 Å². The molecule has 0 atom stereocenters. The third-order valence-corrected chi connectivity index (χ3v) is 3.45. The van der Waals surface area contributed by atoms with Crippen LogP contribution in [0.3, 0.4) is 0 Å². The summed E-state index contributed by atoms with van der Waals surface area (Å²) in [6, 6.07) is 9.50. The van der Waals surface area contributed by atoms with Crippen molar-refractivity contribution in [3.05, 3.63) is 40.9 Å². The maximum Gasteiger partial charge on any atom is 0.437 e. The van der Waals surface area contributed by atoms with E-state index in [0.717, 1.165) is 25.2 Å². The van der Waals surface area contributed by atoms with Gasteiger partial charge in [0.05, 0.1) is 6.54 Å². The molecule has 1 aromatic carbocycles. The van der Waals surface area contributed by atoms with Crippen molar-refractivity contribution in [3.63, 3.8) is 0 Å². The maximum atomic E-state index is 11.7. The molecule has 19 heavy (non-hydrogen) atoms. The quantitative estimate of drug-likeness (QED) is 0.837. The van der Waals surface area contributed by atoms with E-state index in [1.54, 1.807) is 0 Å². The van der Waals surface area contributed by atoms with Crippen LogP contribution in [0.4, 0.5) is 0 Å². The van der Waals surface area contributed by atoms with E-state index in [-0.39, 0.29) is 5.76 Å². The summed E-state index contributed by atoms with van der Waals surface area (Å²) < 4.78 is 6.61. The molecule has 0 amide bonds. The van der Waals surface area contributed by atoms with Crippen LogP contribution >= 0.6 is 0 Å². The van der Waals surface area contributed by atoms with E-state index in [0.29, 0.717) is 12.4 Å². The van der Waals surface area contributed by atoms with Crippen LogP contribution in [0.25, 0.3) is 11.5 Å². The second-order valence-corrected chi connectivity index (χ2v) is 4.81. The number of nitrogens with zero attached hydrogens (tertiary/aromatic N) is 3. The van der Waals surface area contributed by atoms with Crippen LogP contribution in [-0.2, 0) is 6.54 Å². The minimum atomic E-state index is -0.377. The van der Waals surface area contributed by atoms with Crippen molar-refractivity contribution >= 4 is 0 Å². The van der Waals surface area contributed by atoms with Crippen molar-refractivity contribution in [2.75, 3.05) is 19.6 Å². The summed E-state index contributed by atoms with van der Waals surface area (Å²) in [5.74, 6) is 0.0186. The van der Waals surface area contributed by atoms with Gasteiger partial charge >= 0.3 is 5.76 Å². The fourth-order valence-electron chi connectivity index (χ4n) is 2.39. The Bertz CT molecular complexity index is 582. The van der Waals surface area contributed by atoms with Gasteiger partial charge in [-0.2, -0.15) is 4.68 Å². The zero-order valence-corrected chi connectivity index (χ0v) is 10.8. The Hall–Kier alpha value is -1.88. The van der Waals surface area contributed by atoms with Gasteiger partial charge in [0.2, 0.25) is 5.89 Å². The van der Waals surface area contributed by atoms with Crippen LogP contribution in [0.15, 0.2) is 39.5 Å². The summed E-state index contributed by atoms with van der Waals surface area (Å²) in [7, 11) is 0. The van der Waals surface area contributed by atoms with E-state index in [1.807, 2.05) is 30.3 Å². The van der Waals surface area contributed by atoms with Crippen LogP contribution in [-0.4, -0.2) is 34.3 Å². The summed E-state index contributed by atoms with van der Waals surface area (Å²) in [4.78, 5) is 14.1. The Balaban J connectivity index is 1.72. The van der Waals surface area contributed by atoms with E-state index < -0.39 is 0 Å². The molecule has 0 N–H and O–H groups in total. The van der Waals surface area contributed by atoms with Gasteiger partial charge in [-0.3, -0.25) is 0 Å². The molecule has 0 bridgehead atoms. The first-order valence-electron chi connectivity index (χ1n) is 6.69. The Morgan fingerprint density at radius 1 is 1.11 bits per heavy atom. The molecule has 100 valence electrons. The molecule has 0 aliphatic carbocycles. The molecule has 5 nitrogen and oxygen atoms in total. The molecule has 0 spiro atoms. The molecule has 1 aliphatic rings. The van der Waals surface area contributed by atoms with Crippen LogP contribution in [0.5, 0.6) is 0 Å². The van der Waals surface area contributed by atoms with E-state index in [9.17, 15) is 4.79 Å². The molecule has 1 fully saturated rings. The van der Waals surface area contributed by atoms with E-state index in [4.69, 9.17) is 4.42 Å². The fourth-order valence-corrected chi connectivity index (χ4v) is 2.39. The largest absolute Gasteiger partial charge is 0.437 e. The molecule has 2 aromatic rings. The highest BCUT2D eigenvalue weighted by atomic mass is 16.4. The lowest BCUT2D eigenvalue weighted by Gasteiger charge is -2.12. The first-order chi connectivity index (χ1) is 9.33. The Kier molecular flexibility index (Phi) is 3.46. The second kappa shape index (κ2) is 5.40. The topological polar surface area (TPSA) is 51.3 Å². The van der Waals surface area contributed by atoms with Gasteiger partial charge in [0.25, 0.3) is 0 Å². The van der Waals surface area contributed by atoms with Crippen LogP contribution in [0.2, 0.25) is 0 Å². The minimum absolute atomic E-state index is 0.377. The SMILES string of the molecule is O=c1oc(-c2ccccc2)nn1CCN1CCCC1. The fraction of sp³-hybridized carbons (Fsp3) is 0.429. The Morgan fingerprint density at radius 3 is 2.58 bits per heavy atom. The lowest BCUT2D eigenvalue weighted by Crippen LogP contribution is -2.28. The highest BCUT2D eigenvalue weighted by Gasteiger charge is 2.14. The van der Waals surface area contributed by atoms with Gasteiger partial charge in [-0.15, -0.1) is 5.10 Å². The van der Waals surface area contributed by atoms with Crippen molar-refractivity contribution in [3.8, 4) is 11.5 Å². The molecule has 1 aromatic heterocycles. The van der Waals surface area contributed by atoms with Crippen molar-refractivity contribution in [1.29, 1.82) is 0 Å². The van der Waals surface area contributed by atoms with Gasteiger partial charge in [-0.25, -0.2) is 4.79 Å². The zero-order chi connectivity index (χ0) is 13.1. The lowest BCUT2D eigenvalue weighted by atomic mass is 10.2. The Labute approximate surface area is 111 Å². The average molecular weight is 259 g/mol. The van der Waals surface area contributed by atoms with Gasteiger partial charge in [0.1, 0.15) is 0 Å². The van der Waals surface area contributed by atoms with E-state index >= 15 is 0 Å². The summed E-state index contributed by atoms with van der Waals surface area (Å²) >= 11 is 0. The number of likely N-dealkylation sites (tertiary alicyclic amines) is 1. The molecule has 5 heteroatoms. The number of hydrogen-bond donors (Lipinski definition) is 0.